The van der Waals surface area contributed by atoms with Gasteiger partial charge in [0.25, 0.3) is 0 Å². The average molecular weight is 488 g/mol. The standard InChI is InChI=1S/C30H49NO4/c1-25(2)12-14-30(24(33)34)15-13-29(7)23(18(30)17-25)19(31-35)16-21-27(5)10-9-22(32)26(3,4)20(27)8-11-28(21,29)6/h18,20-23,32,35H,8-17H2,1-7H3,(H,33,34)/b31-19+/t18-,20-,21+,22-,23?,27-,28+,29+,30-/m0/s1. The Morgan fingerprint density at radius 3 is 2.14 bits per heavy atom. The molecule has 0 amide bonds. The second kappa shape index (κ2) is 7.48. The van der Waals surface area contributed by atoms with E-state index in [9.17, 15) is 20.2 Å². The number of aliphatic carboxylic acids is 1. The van der Waals surface area contributed by atoms with Crippen LogP contribution in [0, 0.1) is 56.2 Å². The first-order valence-corrected chi connectivity index (χ1v) is 14.2. The number of nitrogens with zero attached hydrogens (tertiary/aromatic N) is 1. The van der Waals surface area contributed by atoms with Crippen molar-refractivity contribution in [3.8, 4) is 0 Å². The minimum absolute atomic E-state index is 0.0144. The number of oxime groups is 1. The van der Waals surface area contributed by atoms with Crippen molar-refractivity contribution in [2.45, 2.75) is 119 Å². The van der Waals surface area contributed by atoms with Crippen molar-refractivity contribution in [3.05, 3.63) is 0 Å². The van der Waals surface area contributed by atoms with Gasteiger partial charge in [-0.25, -0.2) is 0 Å². The van der Waals surface area contributed by atoms with Gasteiger partial charge in [0.15, 0.2) is 0 Å². The van der Waals surface area contributed by atoms with Crippen molar-refractivity contribution in [2.75, 3.05) is 0 Å². The average Bonchev–Trinajstić information content (AvgIpc) is 2.76. The van der Waals surface area contributed by atoms with Crippen LogP contribution in [0.1, 0.15) is 113 Å². The van der Waals surface area contributed by atoms with Gasteiger partial charge in [-0.1, -0.05) is 53.6 Å². The fourth-order valence-electron chi connectivity index (χ4n) is 11.2. The van der Waals surface area contributed by atoms with Crippen LogP contribution in [0.5, 0.6) is 0 Å². The Labute approximate surface area is 212 Å². The van der Waals surface area contributed by atoms with Gasteiger partial charge in [-0.2, -0.15) is 0 Å². The van der Waals surface area contributed by atoms with Crippen LogP contribution in [0.3, 0.4) is 0 Å². The summed E-state index contributed by atoms with van der Waals surface area (Å²) in [5.41, 5.74) is 0.191. The summed E-state index contributed by atoms with van der Waals surface area (Å²) in [6.45, 7) is 16.5. The number of aliphatic hydroxyl groups is 1. The van der Waals surface area contributed by atoms with Crippen molar-refractivity contribution >= 4 is 11.7 Å². The molecule has 1 unspecified atom stereocenters. The lowest BCUT2D eigenvalue weighted by atomic mass is 9.31. The smallest absolute Gasteiger partial charge is 0.309 e. The lowest BCUT2D eigenvalue weighted by Crippen LogP contribution is -2.69. The van der Waals surface area contributed by atoms with Crippen LogP contribution in [0.2, 0.25) is 0 Å². The SMILES string of the molecule is CC1(C)CC[C@]2(C(=O)O)CC[C@]3(C)C(/C(=N/O)C[C@@H]4[C@@]5(C)CC[C@H](O)C(C)(C)[C@@H]5CC[C@]43C)[C@@H]2C1. The van der Waals surface area contributed by atoms with Crippen LogP contribution >= 0.6 is 0 Å². The predicted molar refractivity (Wildman–Crippen MR) is 137 cm³/mol. The first-order valence-electron chi connectivity index (χ1n) is 14.2. The third-order valence-electron chi connectivity index (χ3n) is 13.6. The number of carboxylic acid groups (broad SMARTS) is 1. The molecule has 9 atom stereocenters. The maximum atomic E-state index is 12.9. The lowest BCUT2D eigenvalue weighted by Gasteiger charge is -2.73. The molecule has 5 heteroatoms. The third kappa shape index (κ3) is 3.09. The fourth-order valence-corrected chi connectivity index (χ4v) is 11.2. The maximum Gasteiger partial charge on any atom is 0.309 e. The maximum absolute atomic E-state index is 12.9. The molecule has 0 spiro atoms. The van der Waals surface area contributed by atoms with Gasteiger partial charge in [0.2, 0.25) is 0 Å². The highest BCUT2D eigenvalue weighted by molar-refractivity contribution is 5.90. The zero-order valence-corrected chi connectivity index (χ0v) is 23.2. The van der Waals surface area contributed by atoms with Gasteiger partial charge in [-0.3, -0.25) is 4.79 Å². The van der Waals surface area contributed by atoms with Gasteiger partial charge in [0, 0.05) is 5.92 Å². The Kier molecular flexibility index (Phi) is 5.46. The number of carbonyl (C=O) groups is 1. The summed E-state index contributed by atoms with van der Waals surface area (Å²) in [4.78, 5) is 12.9. The van der Waals surface area contributed by atoms with E-state index in [4.69, 9.17) is 0 Å². The van der Waals surface area contributed by atoms with Crippen LogP contribution in [0.25, 0.3) is 0 Å². The van der Waals surface area contributed by atoms with Gasteiger partial charge < -0.3 is 15.4 Å². The Hall–Kier alpha value is -1.10. The zero-order valence-electron chi connectivity index (χ0n) is 23.2. The van der Waals surface area contributed by atoms with Crippen molar-refractivity contribution in [2.24, 2.45) is 61.3 Å². The monoisotopic (exact) mass is 487 g/mol. The molecule has 5 nitrogen and oxygen atoms in total. The second-order valence-corrected chi connectivity index (χ2v) is 15.6. The minimum Gasteiger partial charge on any atom is -0.481 e. The predicted octanol–water partition coefficient (Wildman–Crippen LogP) is 6.75. The van der Waals surface area contributed by atoms with E-state index in [-0.39, 0.29) is 45.0 Å². The van der Waals surface area contributed by atoms with Crippen LogP contribution in [0.4, 0.5) is 0 Å². The summed E-state index contributed by atoms with van der Waals surface area (Å²) in [5.74, 6) is 0.207. The summed E-state index contributed by atoms with van der Waals surface area (Å²) in [6.07, 6.45) is 8.75. The fraction of sp³-hybridized carbons (Fsp3) is 0.933. The molecule has 5 aliphatic carbocycles. The highest BCUT2D eigenvalue weighted by atomic mass is 16.4. The number of hydrogen-bond donors (Lipinski definition) is 3. The number of fused-ring (bicyclic) bond motifs is 7. The normalized spacial score (nSPS) is 53.6. The Morgan fingerprint density at radius 2 is 1.51 bits per heavy atom. The van der Waals surface area contributed by atoms with Gasteiger partial charge in [0.1, 0.15) is 0 Å². The summed E-state index contributed by atoms with van der Waals surface area (Å²) >= 11 is 0. The van der Waals surface area contributed by atoms with Crippen molar-refractivity contribution in [3.63, 3.8) is 0 Å². The molecule has 0 saturated heterocycles. The Balaban J connectivity index is 1.63. The third-order valence-corrected chi connectivity index (χ3v) is 13.6. The molecule has 0 aromatic heterocycles. The minimum atomic E-state index is -0.698. The van der Waals surface area contributed by atoms with Crippen LogP contribution in [-0.4, -0.2) is 33.2 Å². The molecule has 0 heterocycles. The number of rotatable bonds is 1. The first kappa shape index (κ1) is 25.5. The van der Waals surface area contributed by atoms with Gasteiger partial charge in [-0.15, -0.1) is 0 Å². The van der Waals surface area contributed by atoms with E-state index in [1.165, 1.54) is 0 Å². The topological polar surface area (TPSA) is 90.1 Å². The highest BCUT2D eigenvalue weighted by Crippen LogP contribution is 2.76. The van der Waals surface area contributed by atoms with E-state index in [1.54, 1.807) is 0 Å². The molecule has 3 N–H and O–H groups in total. The Bertz CT molecular complexity index is 941. The first-order chi connectivity index (χ1) is 16.1. The zero-order chi connectivity index (χ0) is 25.8. The van der Waals surface area contributed by atoms with Gasteiger partial charge in [0.05, 0.1) is 17.2 Å². The molecular weight excluding hydrogens is 438 g/mol. The quantitative estimate of drug-likeness (QED) is 0.282. The van der Waals surface area contributed by atoms with Crippen molar-refractivity contribution in [1.82, 2.24) is 0 Å². The number of aliphatic hydroxyl groups excluding tert-OH is 1. The van der Waals surface area contributed by atoms with Crippen LogP contribution in [-0.2, 0) is 4.79 Å². The molecule has 0 bridgehead atoms. The van der Waals surface area contributed by atoms with Crippen molar-refractivity contribution < 1.29 is 20.2 Å². The highest BCUT2D eigenvalue weighted by Gasteiger charge is 2.72. The lowest BCUT2D eigenvalue weighted by molar-refractivity contribution is -0.231. The van der Waals surface area contributed by atoms with Gasteiger partial charge >= 0.3 is 5.97 Å². The molecule has 5 fully saturated rings. The van der Waals surface area contributed by atoms with E-state index in [0.717, 1.165) is 69.9 Å². The molecule has 5 rings (SSSR count). The van der Waals surface area contributed by atoms with Gasteiger partial charge in [-0.05, 0) is 109 Å². The molecular formula is C30H49NO4. The summed E-state index contributed by atoms with van der Waals surface area (Å²) in [5, 5.41) is 36.0. The van der Waals surface area contributed by atoms with E-state index in [0.29, 0.717) is 11.8 Å². The summed E-state index contributed by atoms with van der Waals surface area (Å²) in [6, 6.07) is 0. The molecule has 0 aromatic rings. The van der Waals surface area contributed by atoms with E-state index in [2.05, 4.69) is 53.6 Å². The second-order valence-electron chi connectivity index (χ2n) is 15.6. The van der Waals surface area contributed by atoms with E-state index < -0.39 is 11.4 Å². The molecule has 35 heavy (non-hydrogen) atoms. The van der Waals surface area contributed by atoms with Crippen LogP contribution < -0.4 is 0 Å². The molecule has 0 aliphatic heterocycles. The summed E-state index contributed by atoms with van der Waals surface area (Å²) in [7, 11) is 0. The van der Waals surface area contributed by atoms with Crippen LogP contribution in [0.15, 0.2) is 5.16 Å². The largest absolute Gasteiger partial charge is 0.481 e. The molecule has 0 aromatic carbocycles. The number of carboxylic acids is 1. The van der Waals surface area contributed by atoms with E-state index >= 15 is 0 Å². The summed E-state index contributed by atoms with van der Waals surface area (Å²) < 4.78 is 0. The van der Waals surface area contributed by atoms with E-state index in [1.807, 2.05) is 0 Å². The molecule has 5 aliphatic rings. The molecule has 198 valence electrons. The van der Waals surface area contributed by atoms with Crippen molar-refractivity contribution in [1.29, 1.82) is 0 Å². The molecule has 0 radical (unpaired) electrons. The molecule has 5 saturated carbocycles. The Morgan fingerprint density at radius 1 is 0.857 bits per heavy atom. The number of hydrogen-bond acceptors (Lipinski definition) is 4.